The third-order valence-corrected chi connectivity index (χ3v) is 5.20. The van der Waals surface area contributed by atoms with Gasteiger partial charge in [0.15, 0.2) is 0 Å². The van der Waals surface area contributed by atoms with E-state index in [1.54, 1.807) is 0 Å². The van der Waals surface area contributed by atoms with Crippen molar-refractivity contribution in [2.75, 3.05) is 19.3 Å². The van der Waals surface area contributed by atoms with Crippen molar-refractivity contribution >= 4 is 17.7 Å². The van der Waals surface area contributed by atoms with Crippen LogP contribution in [0.15, 0.2) is 0 Å². The summed E-state index contributed by atoms with van der Waals surface area (Å²) in [5, 5.41) is 7.23. The fourth-order valence-electron chi connectivity index (χ4n) is 2.99. The predicted octanol–water partition coefficient (Wildman–Crippen LogP) is 1.78. The van der Waals surface area contributed by atoms with Gasteiger partial charge in [-0.05, 0) is 50.9 Å². The lowest BCUT2D eigenvalue weighted by Crippen LogP contribution is -2.40. The Morgan fingerprint density at radius 1 is 1.29 bits per heavy atom. The maximum Gasteiger partial charge on any atom is 0.220 e. The molecule has 1 aliphatic heterocycles. The van der Waals surface area contributed by atoms with E-state index in [-0.39, 0.29) is 5.91 Å². The molecule has 1 saturated heterocycles. The van der Waals surface area contributed by atoms with Gasteiger partial charge in [-0.2, -0.15) is 11.8 Å². The van der Waals surface area contributed by atoms with Crippen LogP contribution in [0.4, 0.5) is 0 Å². The van der Waals surface area contributed by atoms with Crippen LogP contribution < -0.4 is 10.6 Å². The van der Waals surface area contributed by atoms with Crippen molar-refractivity contribution in [2.45, 2.75) is 49.8 Å². The van der Waals surface area contributed by atoms with Crippen molar-refractivity contribution in [1.82, 2.24) is 10.6 Å². The van der Waals surface area contributed by atoms with E-state index < -0.39 is 0 Å². The molecule has 3 nitrogen and oxygen atoms in total. The Balaban J connectivity index is 1.72. The molecule has 2 aliphatic rings. The highest BCUT2D eigenvalue weighted by molar-refractivity contribution is 7.99. The molecule has 2 N–H and O–H groups in total. The smallest absolute Gasteiger partial charge is 0.220 e. The Morgan fingerprint density at radius 3 is 2.76 bits per heavy atom. The summed E-state index contributed by atoms with van der Waals surface area (Å²) in [6, 6.07) is 0.430. The topological polar surface area (TPSA) is 41.1 Å². The number of hydrogen-bond donors (Lipinski definition) is 2. The summed E-state index contributed by atoms with van der Waals surface area (Å²) in [6.07, 6.45) is 8.90. The first-order chi connectivity index (χ1) is 8.29. The summed E-state index contributed by atoms with van der Waals surface area (Å²) in [5.41, 5.74) is 0. The SMILES string of the molecule is CSC1CCCC1NC(=O)CC1CCNCC1. The number of carbonyl (C=O) groups excluding carboxylic acids is 1. The Hall–Kier alpha value is -0.220. The lowest BCUT2D eigenvalue weighted by atomic mass is 9.94. The Kier molecular flexibility index (Phi) is 5.16. The molecule has 4 heteroatoms. The van der Waals surface area contributed by atoms with Crippen LogP contribution in [0.25, 0.3) is 0 Å². The maximum atomic E-state index is 12.0. The Bertz CT molecular complexity index is 254. The van der Waals surface area contributed by atoms with Gasteiger partial charge in [-0.15, -0.1) is 0 Å². The van der Waals surface area contributed by atoms with Gasteiger partial charge in [0.2, 0.25) is 5.91 Å². The number of amides is 1. The quantitative estimate of drug-likeness (QED) is 0.805. The van der Waals surface area contributed by atoms with Crippen molar-refractivity contribution < 1.29 is 4.79 Å². The zero-order valence-electron chi connectivity index (χ0n) is 10.7. The average Bonchev–Trinajstić information content (AvgIpc) is 2.77. The lowest BCUT2D eigenvalue weighted by Gasteiger charge is -2.24. The summed E-state index contributed by atoms with van der Waals surface area (Å²) in [4.78, 5) is 12.0. The van der Waals surface area contributed by atoms with Gasteiger partial charge >= 0.3 is 0 Å². The first-order valence-electron chi connectivity index (χ1n) is 6.82. The molecule has 0 spiro atoms. The number of hydrogen-bond acceptors (Lipinski definition) is 3. The average molecular weight is 256 g/mol. The zero-order valence-corrected chi connectivity index (χ0v) is 11.5. The van der Waals surface area contributed by atoms with Crippen molar-refractivity contribution in [3.63, 3.8) is 0 Å². The second-order valence-corrected chi connectivity index (χ2v) is 6.35. The number of nitrogens with one attached hydrogen (secondary N) is 2. The summed E-state index contributed by atoms with van der Waals surface area (Å²) < 4.78 is 0. The van der Waals surface area contributed by atoms with Gasteiger partial charge in [-0.1, -0.05) is 6.42 Å². The normalized spacial score (nSPS) is 30.4. The molecule has 2 fully saturated rings. The minimum Gasteiger partial charge on any atom is -0.352 e. The highest BCUT2D eigenvalue weighted by Crippen LogP contribution is 2.28. The van der Waals surface area contributed by atoms with Crippen molar-refractivity contribution in [3.05, 3.63) is 0 Å². The van der Waals surface area contributed by atoms with E-state index in [1.807, 2.05) is 11.8 Å². The minimum atomic E-state index is 0.280. The summed E-state index contributed by atoms with van der Waals surface area (Å²) in [5.74, 6) is 0.883. The van der Waals surface area contributed by atoms with Crippen molar-refractivity contribution in [2.24, 2.45) is 5.92 Å². The molecule has 1 saturated carbocycles. The van der Waals surface area contributed by atoms with Gasteiger partial charge in [0, 0.05) is 17.7 Å². The van der Waals surface area contributed by atoms with Gasteiger partial charge in [0.05, 0.1) is 0 Å². The van der Waals surface area contributed by atoms with Gasteiger partial charge in [-0.3, -0.25) is 4.79 Å². The van der Waals surface area contributed by atoms with Crippen LogP contribution in [0, 0.1) is 5.92 Å². The fraction of sp³-hybridized carbons (Fsp3) is 0.923. The fourth-order valence-corrected chi connectivity index (χ4v) is 3.92. The number of thioether (sulfide) groups is 1. The van der Waals surface area contributed by atoms with E-state index in [4.69, 9.17) is 0 Å². The van der Waals surface area contributed by atoms with E-state index in [0.29, 0.717) is 17.2 Å². The third-order valence-electron chi connectivity index (χ3n) is 4.03. The van der Waals surface area contributed by atoms with Crippen LogP contribution in [0.2, 0.25) is 0 Å². The molecule has 0 aromatic rings. The zero-order chi connectivity index (χ0) is 12.1. The van der Waals surface area contributed by atoms with Crippen LogP contribution in [0.5, 0.6) is 0 Å². The number of rotatable bonds is 4. The first-order valence-corrected chi connectivity index (χ1v) is 8.11. The summed E-state index contributed by atoms with van der Waals surface area (Å²) >= 11 is 1.90. The van der Waals surface area contributed by atoms with Crippen LogP contribution in [0.3, 0.4) is 0 Å². The molecule has 0 bridgehead atoms. The van der Waals surface area contributed by atoms with Crippen LogP contribution in [-0.2, 0) is 4.79 Å². The monoisotopic (exact) mass is 256 g/mol. The van der Waals surface area contributed by atoms with E-state index in [9.17, 15) is 4.79 Å². The molecule has 1 heterocycles. The van der Waals surface area contributed by atoms with Crippen LogP contribution >= 0.6 is 11.8 Å². The molecular formula is C13H24N2OS. The largest absolute Gasteiger partial charge is 0.352 e. The molecule has 2 unspecified atom stereocenters. The van der Waals surface area contributed by atoms with Gasteiger partial charge in [-0.25, -0.2) is 0 Å². The molecule has 1 amide bonds. The molecule has 2 rings (SSSR count). The Labute approximate surface area is 108 Å². The van der Waals surface area contributed by atoms with E-state index >= 15 is 0 Å². The molecular weight excluding hydrogens is 232 g/mol. The maximum absolute atomic E-state index is 12.0. The van der Waals surface area contributed by atoms with E-state index in [1.165, 1.54) is 19.3 Å². The predicted molar refractivity (Wildman–Crippen MR) is 73.3 cm³/mol. The van der Waals surface area contributed by atoms with E-state index in [2.05, 4.69) is 16.9 Å². The molecule has 0 aromatic heterocycles. The van der Waals surface area contributed by atoms with Gasteiger partial charge in [0.1, 0.15) is 0 Å². The second-order valence-electron chi connectivity index (χ2n) is 5.28. The second kappa shape index (κ2) is 6.64. The number of piperidine rings is 1. The van der Waals surface area contributed by atoms with Crippen molar-refractivity contribution in [1.29, 1.82) is 0 Å². The molecule has 2 atom stereocenters. The molecule has 98 valence electrons. The first kappa shape index (κ1) is 13.2. The third kappa shape index (κ3) is 3.88. The van der Waals surface area contributed by atoms with Crippen LogP contribution in [-0.4, -0.2) is 36.5 Å². The molecule has 0 aromatic carbocycles. The summed E-state index contributed by atoms with van der Waals surface area (Å²) in [7, 11) is 0. The van der Waals surface area contributed by atoms with Crippen molar-refractivity contribution in [3.8, 4) is 0 Å². The lowest BCUT2D eigenvalue weighted by molar-refractivity contribution is -0.122. The standard InChI is InChI=1S/C13H24N2OS/c1-17-12-4-2-3-11(12)15-13(16)9-10-5-7-14-8-6-10/h10-12,14H,2-9H2,1H3,(H,15,16). The van der Waals surface area contributed by atoms with Gasteiger partial charge < -0.3 is 10.6 Å². The molecule has 17 heavy (non-hydrogen) atoms. The Morgan fingerprint density at radius 2 is 2.06 bits per heavy atom. The summed E-state index contributed by atoms with van der Waals surface area (Å²) in [6.45, 7) is 2.16. The molecule has 0 radical (unpaired) electrons. The highest BCUT2D eigenvalue weighted by Gasteiger charge is 2.28. The number of carbonyl (C=O) groups is 1. The van der Waals surface area contributed by atoms with Crippen LogP contribution in [0.1, 0.15) is 38.5 Å². The van der Waals surface area contributed by atoms with Gasteiger partial charge in [0.25, 0.3) is 0 Å². The minimum absolute atomic E-state index is 0.280. The molecule has 1 aliphatic carbocycles. The highest BCUT2D eigenvalue weighted by atomic mass is 32.2. The van der Waals surface area contributed by atoms with E-state index in [0.717, 1.165) is 32.4 Å².